The van der Waals surface area contributed by atoms with Gasteiger partial charge in [-0.3, -0.25) is 0 Å². The van der Waals surface area contributed by atoms with Gasteiger partial charge in [0.1, 0.15) is 12.4 Å². The molecule has 0 spiro atoms. The number of ether oxygens (including phenoxy) is 1. The molecule has 1 rings (SSSR count). The van der Waals surface area contributed by atoms with Crippen molar-refractivity contribution in [1.29, 1.82) is 0 Å². The van der Waals surface area contributed by atoms with E-state index in [4.69, 9.17) is 21.4 Å². The van der Waals surface area contributed by atoms with E-state index in [1.54, 1.807) is 19.1 Å². The largest absolute Gasteiger partial charge is 0.491 e. The Balaban J connectivity index is 2.67. The van der Waals surface area contributed by atoms with Gasteiger partial charge in [-0.25, -0.2) is 0 Å². The number of hydrogen-bond donors (Lipinski definition) is 1. The average Bonchev–Trinajstić information content (AvgIpc) is 2.02. The van der Waals surface area contributed by atoms with Crippen LogP contribution in [-0.4, -0.2) is 17.8 Å². The predicted octanol–water partition coefficient (Wildman–Crippen LogP) is 2.41. The van der Waals surface area contributed by atoms with Crippen molar-refractivity contribution in [3.63, 3.8) is 0 Å². The minimum Gasteiger partial charge on any atom is -0.491 e. The van der Waals surface area contributed by atoms with E-state index in [2.05, 4.69) is 0 Å². The summed E-state index contributed by atoms with van der Waals surface area (Å²) >= 11 is 5.77. The fourth-order valence-electron chi connectivity index (χ4n) is 0.985. The van der Waals surface area contributed by atoms with Crippen molar-refractivity contribution in [2.24, 2.45) is 0 Å². The van der Waals surface area contributed by atoms with Crippen LogP contribution in [0.5, 0.6) is 5.75 Å². The van der Waals surface area contributed by atoms with Gasteiger partial charge < -0.3 is 9.84 Å². The minimum atomic E-state index is -0.449. The Kier molecular flexibility index (Phi) is 3.58. The molecule has 0 bridgehead atoms. The number of benzene rings is 1. The van der Waals surface area contributed by atoms with Crippen LogP contribution in [0.3, 0.4) is 0 Å². The molecule has 72 valence electrons. The zero-order valence-corrected chi connectivity index (χ0v) is 8.51. The fourth-order valence-corrected chi connectivity index (χ4v) is 1.21. The van der Waals surface area contributed by atoms with Crippen molar-refractivity contribution >= 4 is 11.6 Å². The summed E-state index contributed by atoms with van der Waals surface area (Å²) in [6, 6.07) is 5.41. The standard InChI is InChI=1S/C10H13ClO2/c1-7-5-9(11)3-4-10(7)13-6-8(2)12/h3-5,8,12H,6H2,1-2H3/t8-/m1/s1. The molecule has 0 aliphatic rings. The van der Waals surface area contributed by atoms with Crippen LogP contribution in [0.2, 0.25) is 5.02 Å². The molecule has 0 aliphatic carbocycles. The Labute approximate surface area is 83.1 Å². The summed E-state index contributed by atoms with van der Waals surface area (Å²) in [4.78, 5) is 0. The lowest BCUT2D eigenvalue weighted by Gasteiger charge is -2.10. The van der Waals surface area contributed by atoms with Gasteiger partial charge in [-0.2, -0.15) is 0 Å². The Bertz CT molecular complexity index is 284. The normalized spacial score (nSPS) is 12.6. The van der Waals surface area contributed by atoms with Crippen LogP contribution >= 0.6 is 11.6 Å². The maximum absolute atomic E-state index is 9.01. The van der Waals surface area contributed by atoms with Crippen LogP contribution in [0.25, 0.3) is 0 Å². The van der Waals surface area contributed by atoms with E-state index in [1.165, 1.54) is 0 Å². The smallest absolute Gasteiger partial charge is 0.122 e. The van der Waals surface area contributed by atoms with Gasteiger partial charge >= 0.3 is 0 Å². The van der Waals surface area contributed by atoms with E-state index in [-0.39, 0.29) is 0 Å². The fraction of sp³-hybridized carbons (Fsp3) is 0.400. The molecule has 0 saturated carbocycles. The first-order valence-electron chi connectivity index (χ1n) is 4.16. The highest BCUT2D eigenvalue weighted by atomic mass is 35.5. The Morgan fingerprint density at radius 1 is 1.54 bits per heavy atom. The van der Waals surface area contributed by atoms with Crippen molar-refractivity contribution in [1.82, 2.24) is 0 Å². The van der Waals surface area contributed by atoms with Gasteiger partial charge in [-0.1, -0.05) is 11.6 Å². The third-order valence-corrected chi connectivity index (χ3v) is 1.85. The van der Waals surface area contributed by atoms with Gasteiger partial charge in [0, 0.05) is 5.02 Å². The molecule has 1 atom stereocenters. The maximum Gasteiger partial charge on any atom is 0.122 e. The molecule has 2 nitrogen and oxygen atoms in total. The van der Waals surface area contributed by atoms with Crippen molar-refractivity contribution < 1.29 is 9.84 Å². The SMILES string of the molecule is Cc1cc(Cl)ccc1OC[C@@H](C)O. The topological polar surface area (TPSA) is 29.5 Å². The lowest BCUT2D eigenvalue weighted by atomic mass is 10.2. The number of rotatable bonds is 3. The first-order chi connectivity index (χ1) is 6.09. The monoisotopic (exact) mass is 200 g/mol. The van der Waals surface area contributed by atoms with Crippen LogP contribution < -0.4 is 4.74 Å². The van der Waals surface area contributed by atoms with Crippen LogP contribution in [0.15, 0.2) is 18.2 Å². The minimum absolute atomic E-state index is 0.308. The van der Waals surface area contributed by atoms with E-state index in [0.29, 0.717) is 11.6 Å². The van der Waals surface area contributed by atoms with Crippen molar-refractivity contribution in [3.8, 4) is 5.75 Å². The average molecular weight is 201 g/mol. The van der Waals surface area contributed by atoms with E-state index in [0.717, 1.165) is 11.3 Å². The lowest BCUT2D eigenvalue weighted by molar-refractivity contribution is 0.122. The second-order valence-electron chi connectivity index (χ2n) is 3.07. The van der Waals surface area contributed by atoms with Gasteiger partial charge in [0.25, 0.3) is 0 Å². The Hall–Kier alpha value is -0.730. The van der Waals surface area contributed by atoms with Gasteiger partial charge in [0.15, 0.2) is 0 Å². The maximum atomic E-state index is 9.01. The molecule has 0 saturated heterocycles. The quantitative estimate of drug-likeness (QED) is 0.812. The Morgan fingerprint density at radius 3 is 2.77 bits per heavy atom. The summed E-state index contributed by atoms with van der Waals surface area (Å²) in [5.74, 6) is 0.769. The summed E-state index contributed by atoms with van der Waals surface area (Å²) in [7, 11) is 0. The second-order valence-corrected chi connectivity index (χ2v) is 3.51. The summed E-state index contributed by atoms with van der Waals surface area (Å²) in [6.45, 7) is 3.91. The zero-order chi connectivity index (χ0) is 9.84. The molecule has 0 fully saturated rings. The second kappa shape index (κ2) is 4.49. The first-order valence-corrected chi connectivity index (χ1v) is 4.54. The molecule has 0 amide bonds. The molecule has 13 heavy (non-hydrogen) atoms. The summed E-state index contributed by atoms with van der Waals surface area (Å²) in [5.41, 5.74) is 0.980. The number of aliphatic hydroxyl groups is 1. The molecule has 3 heteroatoms. The molecule has 1 aromatic carbocycles. The number of hydrogen-bond acceptors (Lipinski definition) is 2. The van der Waals surface area contributed by atoms with E-state index in [1.807, 2.05) is 13.0 Å². The molecule has 0 aliphatic heterocycles. The third kappa shape index (κ3) is 3.25. The summed E-state index contributed by atoms with van der Waals surface area (Å²) < 4.78 is 5.34. The summed E-state index contributed by atoms with van der Waals surface area (Å²) in [5, 5.41) is 9.70. The number of aryl methyl sites for hydroxylation is 1. The molecular formula is C10H13ClO2. The van der Waals surface area contributed by atoms with Crippen LogP contribution in [-0.2, 0) is 0 Å². The molecule has 1 N–H and O–H groups in total. The van der Waals surface area contributed by atoms with Crippen LogP contribution in [0.1, 0.15) is 12.5 Å². The number of aliphatic hydroxyl groups excluding tert-OH is 1. The van der Waals surface area contributed by atoms with Crippen LogP contribution in [0.4, 0.5) is 0 Å². The van der Waals surface area contributed by atoms with Gasteiger partial charge in [-0.05, 0) is 37.6 Å². The van der Waals surface area contributed by atoms with Gasteiger partial charge in [-0.15, -0.1) is 0 Å². The Morgan fingerprint density at radius 2 is 2.23 bits per heavy atom. The van der Waals surface area contributed by atoms with Gasteiger partial charge in [0.2, 0.25) is 0 Å². The predicted molar refractivity (Wildman–Crippen MR) is 53.4 cm³/mol. The van der Waals surface area contributed by atoms with Crippen molar-refractivity contribution in [2.75, 3.05) is 6.61 Å². The molecule has 1 aromatic rings. The van der Waals surface area contributed by atoms with E-state index >= 15 is 0 Å². The highest BCUT2D eigenvalue weighted by molar-refractivity contribution is 6.30. The van der Waals surface area contributed by atoms with Crippen molar-refractivity contribution in [3.05, 3.63) is 28.8 Å². The van der Waals surface area contributed by atoms with Crippen molar-refractivity contribution in [2.45, 2.75) is 20.0 Å². The number of halogens is 1. The first kappa shape index (κ1) is 10.4. The summed E-state index contributed by atoms with van der Waals surface area (Å²) in [6.07, 6.45) is -0.449. The van der Waals surface area contributed by atoms with E-state index in [9.17, 15) is 0 Å². The molecule has 0 radical (unpaired) electrons. The van der Waals surface area contributed by atoms with E-state index < -0.39 is 6.10 Å². The molecule has 0 aromatic heterocycles. The highest BCUT2D eigenvalue weighted by Crippen LogP contribution is 2.21. The molecule has 0 heterocycles. The molecular weight excluding hydrogens is 188 g/mol. The highest BCUT2D eigenvalue weighted by Gasteiger charge is 2.01. The van der Waals surface area contributed by atoms with Crippen LogP contribution in [0, 0.1) is 6.92 Å². The molecule has 0 unspecified atom stereocenters. The third-order valence-electron chi connectivity index (χ3n) is 1.62. The lowest BCUT2D eigenvalue weighted by Crippen LogP contribution is -2.13. The van der Waals surface area contributed by atoms with Gasteiger partial charge in [0.05, 0.1) is 6.10 Å². The zero-order valence-electron chi connectivity index (χ0n) is 7.75.